The van der Waals surface area contributed by atoms with Gasteiger partial charge in [0.2, 0.25) is 11.8 Å². The van der Waals surface area contributed by atoms with Gasteiger partial charge in [-0.05, 0) is 24.3 Å². The van der Waals surface area contributed by atoms with Crippen LogP contribution in [0, 0.1) is 6.92 Å². The molecule has 0 aliphatic carbocycles. The predicted octanol–water partition coefficient (Wildman–Crippen LogP) is 4.35. The maximum absolute atomic E-state index is 12.4. The SMILES string of the molecule is Cc1nnc(-c2ccc(Oc3cc(Nc4ncc(C(=O)N(C)C)s4)cc(OC4CCN(C)C4=O)c3)cc2)o1. The molecule has 3 heterocycles. The Morgan fingerprint density at radius 2 is 1.89 bits per heavy atom. The first-order valence-corrected chi connectivity index (χ1v) is 12.7. The molecule has 0 spiro atoms. The highest BCUT2D eigenvalue weighted by atomic mass is 32.1. The number of likely N-dealkylation sites (tertiary alicyclic amines) is 1. The Hall–Kier alpha value is -4.45. The summed E-state index contributed by atoms with van der Waals surface area (Å²) in [6, 6.07) is 12.5. The van der Waals surface area contributed by atoms with Gasteiger partial charge in [-0.25, -0.2) is 4.98 Å². The third kappa shape index (κ3) is 5.59. The summed E-state index contributed by atoms with van der Waals surface area (Å²) in [7, 11) is 5.14. The summed E-state index contributed by atoms with van der Waals surface area (Å²) in [5.41, 5.74) is 1.40. The van der Waals surface area contributed by atoms with Crippen molar-refractivity contribution in [1.82, 2.24) is 25.0 Å². The molecule has 5 rings (SSSR count). The molecule has 1 N–H and O–H groups in total. The molecule has 12 heteroatoms. The summed E-state index contributed by atoms with van der Waals surface area (Å²) >= 11 is 1.24. The third-order valence-electron chi connectivity index (χ3n) is 5.77. The van der Waals surface area contributed by atoms with Crippen LogP contribution in [-0.2, 0) is 4.79 Å². The van der Waals surface area contributed by atoms with E-state index in [4.69, 9.17) is 13.9 Å². The Morgan fingerprint density at radius 1 is 1.13 bits per heavy atom. The molecular formula is C26H26N6O5S. The maximum atomic E-state index is 12.4. The van der Waals surface area contributed by atoms with Gasteiger partial charge in [0, 0.05) is 70.5 Å². The van der Waals surface area contributed by atoms with Crippen LogP contribution in [0.2, 0.25) is 0 Å². The van der Waals surface area contributed by atoms with Gasteiger partial charge in [-0.3, -0.25) is 9.59 Å². The van der Waals surface area contributed by atoms with Crippen LogP contribution in [-0.4, -0.2) is 70.6 Å². The predicted molar refractivity (Wildman–Crippen MR) is 141 cm³/mol. The number of benzene rings is 2. The summed E-state index contributed by atoms with van der Waals surface area (Å²) in [5, 5.41) is 11.6. The minimum Gasteiger partial charge on any atom is -0.480 e. The van der Waals surface area contributed by atoms with Crippen molar-refractivity contribution in [3.05, 3.63) is 59.4 Å². The number of ether oxygens (including phenoxy) is 2. The van der Waals surface area contributed by atoms with Crippen LogP contribution in [0.4, 0.5) is 10.8 Å². The molecule has 1 atom stereocenters. The van der Waals surface area contributed by atoms with E-state index in [9.17, 15) is 9.59 Å². The standard InChI is InChI=1S/C26H26N6O5S/c1-15-29-30-23(35-15)16-5-7-18(8-6-16)36-19-11-17(28-26-27-14-22(38-26)25(34)31(2)3)12-20(13-19)37-21-9-10-32(4)24(21)33/h5-8,11-14,21H,9-10H2,1-4H3,(H,27,28). The molecule has 1 fully saturated rings. The molecule has 196 valence electrons. The highest BCUT2D eigenvalue weighted by Gasteiger charge is 2.31. The van der Waals surface area contributed by atoms with E-state index in [1.165, 1.54) is 22.4 Å². The average Bonchev–Trinajstić information content (AvgIpc) is 3.61. The zero-order valence-electron chi connectivity index (χ0n) is 21.3. The molecule has 1 unspecified atom stereocenters. The molecular weight excluding hydrogens is 508 g/mol. The van der Waals surface area contributed by atoms with E-state index >= 15 is 0 Å². The fourth-order valence-electron chi connectivity index (χ4n) is 3.82. The number of aryl methyl sites for hydroxylation is 1. The molecule has 2 amide bonds. The summed E-state index contributed by atoms with van der Waals surface area (Å²) in [5.74, 6) is 2.27. The second-order valence-corrected chi connectivity index (χ2v) is 9.99. The van der Waals surface area contributed by atoms with Crippen molar-refractivity contribution in [2.75, 3.05) is 33.0 Å². The van der Waals surface area contributed by atoms with Gasteiger partial charge in [0.1, 0.15) is 22.1 Å². The number of nitrogens with one attached hydrogen (secondary N) is 1. The first-order chi connectivity index (χ1) is 18.2. The normalized spacial score (nSPS) is 15.0. The molecule has 4 aromatic rings. The molecule has 11 nitrogen and oxygen atoms in total. The van der Waals surface area contributed by atoms with Crippen molar-refractivity contribution in [3.8, 4) is 28.7 Å². The lowest BCUT2D eigenvalue weighted by Crippen LogP contribution is -2.29. The molecule has 1 aliphatic rings. The van der Waals surface area contributed by atoms with Gasteiger partial charge in [-0.1, -0.05) is 11.3 Å². The first-order valence-electron chi connectivity index (χ1n) is 11.8. The van der Waals surface area contributed by atoms with E-state index in [-0.39, 0.29) is 11.8 Å². The lowest BCUT2D eigenvalue weighted by molar-refractivity contribution is -0.132. The fraction of sp³-hybridized carbons (Fsp3) is 0.269. The van der Waals surface area contributed by atoms with Crippen LogP contribution in [0.15, 0.2) is 53.1 Å². The van der Waals surface area contributed by atoms with E-state index < -0.39 is 6.10 Å². The van der Waals surface area contributed by atoms with E-state index in [1.54, 1.807) is 63.3 Å². The smallest absolute Gasteiger partial charge is 0.265 e. The molecule has 38 heavy (non-hydrogen) atoms. The third-order valence-corrected chi connectivity index (χ3v) is 6.67. The van der Waals surface area contributed by atoms with Gasteiger partial charge in [-0.15, -0.1) is 10.2 Å². The monoisotopic (exact) mass is 534 g/mol. The van der Waals surface area contributed by atoms with Crippen molar-refractivity contribution in [2.24, 2.45) is 0 Å². The fourth-order valence-corrected chi connectivity index (χ4v) is 4.68. The quantitative estimate of drug-likeness (QED) is 0.351. The highest BCUT2D eigenvalue weighted by Crippen LogP contribution is 2.34. The highest BCUT2D eigenvalue weighted by molar-refractivity contribution is 7.17. The number of hydrogen-bond acceptors (Lipinski definition) is 10. The van der Waals surface area contributed by atoms with E-state index in [1.807, 2.05) is 12.1 Å². The van der Waals surface area contributed by atoms with Gasteiger partial charge >= 0.3 is 0 Å². The molecule has 1 aliphatic heterocycles. The Labute approximate surface area is 223 Å². The molecule has 1 saturated heterocycles. The Kier molecular flexibility index (Phi) is 6.97. The number of carbonyl (C=O) groups excluding carboxylic acids is 2. The summed E-state index contributed by atoms with van der Waals surface area (Å²) in [6.45, 7) is 2.37. The summed E-state index contributed by atoms with van der Waals surface area (Å²) in [4.78, 5) is 32.7. The Bertz CT molecular complexity index is 1470. The summed E-state index contributed by atoms with van der Waals surface area (Å²) in [6.07, 6.45) is 1.57. The maximum Gasteiger partial charge on any atom is 0.265 e. The van der Waals surface area contributed by atoms with Gasteiger partial charge in [0.25, 0.3) is 11.8 Å². The number of hydrogen-bond donors (Lipinski definition) is 1. The first kappa shape index (κ1) is 25.2. The number of thiazole rings is 1. The van der Waals surface area contributed by atoms with Gasteiger partial charge in [0.05, 0.1) is 6.20 Å². The number of likely N-dealkylation sites (N-methyl/N-ethyl adjacent to an activating group) is 1. The van der Waals surface area contributed by atoms with Gasteiger partial charge in [-0.2, -0.15) is 0 Å². The topological polar surface area (TPSA) is 123 Å². The van der Waals surface area contributed by atoms with Crippen LogP contribution in [0.25, 0.3) is 11.5 Å². The van der Waals surface area contributed by atoms with Crippen molar-refractivity contribution >= 4 is 34.0 Å². The average molecular weight is 535 g/mol. The lowest BCUT2D eigenvalue weighted by atomic mass is 10.2. The van der Waals surface area contributed by atoms with Gasteiger partial charge < -0.3 is 29.0 Å². The van der Waals surface area contributed by atoms with Crippen molar-refractivity contribution in [1.29, 1.82) is 0 Å². The minimum atomic E-state index is -0.565. The zero-order valence-corrected chi connectivity index (χ0v) is 22.1. The number of nitrogens with zero attached hydrogens (tertiary/aromatic N) is 5. The molecule has 0 radical (unpaired) electrons. The second-order valence-electron chi connectivity index (χ2n) is 8.95. The lowest BCUT2D eigenvalue weighted by Gasteiger charge is -2.16. The van der Waals surface area contributed by atoms with E-state index in [2.05, 4.69) is 20.5 Å². The minimum absolute atomic E-state index is 0.0653. The van der Waals surface area contributed by atoms with Crippen LogP contribution >= 0.6 is 11.3 Å². The summed E-state index contributed by atoms with van der Waals surface area (Å²) < 4.78 is 17.7. The van der Waals surface area contributed by atoms with Crippen LogP contribution in [0.5, 0.6) is 17.2 Å². The largest absolute Gasteiger partial charge is 0.480 e. The second kappa shape index (κ2) is 10.5. The molecule has 0 saturated carbocycles. The van der Waals surface area contributed by atoms with E-state index in [0.717, 1.165) is 5.56 Å². The van der Waals surface area contributed by atoms with Crippen molar-refractivity contribution in [2.45, 2.75) is 19.4 Å². The van der Waals surface area contributed by atoms with Crippen molar-refractivity contribution in [3.63, 3.8) is 0 Å². The molecule has 2 aromatic carbocycles. The van der Waals surface area contributed by atoms with Crippen molar-refractivity contribution < 1.29 is 23.5 Å². The number of rotatable bonds is 8. The van der Waals surface area contributed by atoms with Gasteiger partial charge in [0.15, 0.2) is 11.2 Å². The van der Waals surface area contributed by atoms with Crippen LogP contribution in [0.1, 0.15) is 22.0 Å². The van der Waals surface area contributed by atoms with E-state index in [0.29, 0.717) is 57.7 Å². The molecule has 0 bridgehead atoms. The number of anilines is 2. The molecule has 2 aromatic heterocycles. The van der Waals surface area contributed by atoms with Crippen LogP contribution < -0.4 is 14.8 Å². The Morgan fingerprint density at radius 3 is 2.55 bits per heavy atom. The zero-order chi connectivity index (χ0) is 26.8. The Balaban J connectivity index is 1.39. The number of aromatic nitrogens is 3. The number of amides is 2. The van der Waals surface area contributed by atoms with Crippen LogP contribution in [0.3, 0.4) is 0 Å². The number of carbonyl (C=O) groups is 2.